The molecule has 0 bridgehead atoms. The number of aliphatic hydroxyl groups is 1. The zero-order valence-electron chi connectivity index (χ0n) is 13.0. The number of aliphatic hydroxyl groups excluding tert-OH is 1. The lowest BCUT2D eigenvalue weighted by Crippen LogP contribution is -2.35. The van der Waals surface area contributed by atoms with Crippen LogP contribution in [0.25, 0.3) is 0 Å². The predicted octanol–water partition coefficient (Wildman–Crippen LogP) is 2.99. The minimum Gasteiger partial charge on any atom is -0.388 e. The molecule has 1 aliphatic heterocycles. The molecule has 0 aromatic carbocycles. The fraction of sp³-hybridized carbons (Fsp3) is 0.444. The maximum Gasteiger partial charge on any atom is 0.0834 e. The van der Waals surface area contributed by atoms with Gasteiger partial charge in [-0.1, -0.05) is 13.0 Å². The molecule has 0 radical (unpaired) electrons. The van der Waals surface area contributed by atoms with Gasteiger partial charge in [0, 0.05) is 31.7 Å². The quantitative estimate of drug-likeness (QED) is 0.942. The van der Waals surface area contributed by atoms with Gasteiger partial charge in [-0.15, -0.1) is 0 Å². The number of aryl methyl sites for hydroxylation is 1. The third-order valence-electron chi connectivity index (χ3n) is 4.57. The molecule has 1 aliphatic rings. The molecule has 0 unspecified atom stereocenters. The average Bonchev–Trinajstić information content (AvgIpc) is 2.62. The van der Waals surface area contributed by atoms with E-state index in [2.05, 4.69) is 27.9 Å². The number of hydrogen-bond acceptors (Lipinski definition) is 4. The number of aromatic nitrogens is 2. The van der Waals surface area contributed by atoms with Crippen molar-refractivity contribution in [2.75, 3.05) is 18.0 Å². The van der Waals surface area contributed by atoms with Gasteiger partial charge in [-0.3, -0.25) is 9.97 Å². The van der Waals surface area contributed by atoms with Gasteiger partial charge in [0.1, 0.15) is 0 Å². The molecule has 1 N–H and O–H groups in total. The molecule has 4 nitrogen and oxygen atoms in total. The van der Waals surface area contributed by atoms with E-state index in [1.807, 2.05) is 24.5 Å². The molecule has 4 heteroatoms. The number of anilines is 1. The van der Waals surface area contributed by atoms with Crippen molar-refractivity contribution in [3.63, 3.8) is 0 Å². The van der Waals surface area contributed by atoms with Gasteiger partial charge in [-0.25, -0.2) is 0 Å². The molecule has 1 fully saturated rings. The van der Waals surface area contributed by atoms with Gasteiger partial charge in [-0.2, -0.15) is 0 Å². The lowest BCUT2D eigenvalue weighted by atomic mass is 9.88. The van der Waals surface area contributed by atoms with Crippen LogP contribution in [-0.2, 0) is 6.42 Å². The van der Waals surface area contributed by atoms with Gasteiger partial charge in [0.15, 0.2) is 0 Å². The Morgan fingerprint density at radius 1 is 1.23 bits per heavy atom. The topological polar surface area (TPSA) is 49.2 Å². The molecule has 22 heavy (non-hydrogen) atoms. The Labute approximate surface area is 131 Å². The van der Waals surface area contributed by atoms with Gasteiger partial charge in [0.2, 0.25) is 0 Å². The van der Waals surface area contributed by atoms with Crippen LogP contribution in [0, 0.1) is 5.92 Å². The maximum absolute atomic E-state index is 10.5. The highest BCUT2D eigenvalue weighted by molar-refractivity contribution is 5.46. The smallest absolute Gasteiger partial charge is 0.0834 e. The first-order valence-electron chi connectivity index (χ1n) is 8.04. The number of hydrogen-bond donors (Lipinski definition) is 1. The third-order valence-corrected chi connectivity index (χ3v) is 4.57. The summed E-state index contributed by atoms with van der Waals surface area (Å²) in [5, 5.41) is 10.5. The summed E-state index contributed by atoms with van der Waals surface area (Å²) in [6.07, 6.45) is 9.98. The van der Waals surface area contributed by atoms with Crippen LogP contribution in [0.1, 0.15) is 37.0 Å². The maximum atomic E-state index is 10.5. The molecule has 1 atom stereocenters. The summed E-state index contributed by atoms with van der Waals surface area (Å²) in [6.45, 7) is 4.09. The fourth-order valence-corrected chi connectivity index (χ4v) is 3.14. The molecular weight excluding hydrogens is 274 g/mol. The first-order chi connectivity index (χ1) is 10.8. The van der Waals surface area contributed by atoms with Crippen LogP contribution < -0.4 is 4.90 Å². The Balaban J connectivity index is 1.62. The van der Waals surface area contributed by atoms with Crippen molar-refractivity contribution in [3.8, 4) is 0 Å². The minimum absolute atomic E-state index is 0.308. The summed E-state index contributed by atoms with van der Waals surface area (Å²) in [4.78, 5) is 10.8. The Kier molecular flexibility index (Phi) is 4.68. The second kappa shape index (κ2) is 6.88. The molecule has 2 aromatic heterocycles. The van der Waals surface area contributed by atoms with Crippen molar-refractivity contribution in [2.24, 2.45) is 5.92 Å². The first-order valence-corrected chi connectivity index (χ1v) is 8.04. The Morgan fingerprint density at radius 2 is 2.05 bits per heavy atom. The molecule has 1 saturated heterocycles. The molecule has 2 aromatic rings. The van der Waals surface area contributed by atoms with Crippen molar-refractivity contribution >= 4 is 5.69 Å². The second-order valence-electron chi connectivity index (χ2n) is 5.96. The molecule has 0 aliphatic carbocycles. The lowest BCUT2D eigenvalue weighted by molar-refractivity contribution is 0.0926. The van der Waals surface area contributed by atoms with Gasteiger partial charge in [0.05, 0.1) is 18.0 Å². The molecule has 3 heterocycles. The summed E-state index contributed by atoms with van der Waals surface area (Å²) >= 11 is 0. The summed E-state index contributed by atoms with van der Waals surface area (Å²) in [5.41, 5.74) is 3.40. The summed E-state index contributed by atoms with van der Waals surface area (Å²) in [5.74, 6) is 0.308. The van der Waals surface area contributed by atoms with E-state index in [0.717, 1.165) is 37.9 Å². The number of rotatable bonds is 4. The van der Waals surface area contributed by atoms with Gasteiger partial charge < -0.3 is 10.0 Å². The van der Waals surface area contributed by atoms with Crippen molar-refractivity contribution in [1.29, 1.82) is 0 Å². The normalized spacial score (nSPS) is 17.5. The van der Waals surface area contributed by atoms with Crippen molar-refractivity contribution < 1.29 is 5.11 Å². The zero-order chi connectivity index (χ0) is 15.4. The number of nitrogens with zero attached hydrogens (tertiary/aromatic N) is 3. The van der Waals surface area contributed by atoms with E-state index in [-0.39, 0.29) is 0 Å². The van der Waals surface area contributed by atoms with Gasteiger partial charge in [0.25, 0.3) is 0 Å². The fourth-order valence-electron chi connectivity index (χ4n) is 3.14. The van der Waals surface area contributed by atoms with Gasteiger partial charge in [-0.05, 0) is 48.4 Å². The molecule has 3 rings (SSSR count). The third kappa shape index (κ3) is 3.28. The van der Waals surface area contributed by atoms with Crippen LogP contribution in [-0.4, -0.2) is 28.2 Å². The van der Waals surface area contributed by atoms with E-state index in [4.69, 9.17) is 0 Å². The van der Waals surface area contributed by atoms with Crippen LogP contribution in [0.5, 0.6) is 0 Å². The SMILES string of the molecule is CCc1cncc(N2CCC([C@H](O)c3cccnc3)CC2)c1. The highest BCUT2D eigenvalue weighted by Gasteiger charge is 2.26. The van der Waals surface area contributed by atoms with E-state index < -0.39 is 6.10 Å². The molecule has 0 amide bonds. The number of pyridine rings is 2. The summed E-state index contributed by atoms with van der Waals surface area (Å²) in [6, 6.07) is 6.07. The Hall–Kier alpha value is -1.94. The van der Waals surface area contributed by atoms with Crippen LogP contribution in [0.2, 0.25) is 0 Å². The first kappa shape index (κ1) is 15.0. The van der Waals surface area contributed by atoms with E-state index in [1.54, 1.807) is 12.4 Å². The average molecular weight is 297 g/mol. The number of piperidine rings is 1. The second-order valence-corrected chi connectivity index (χ2v) is 5.96. The zero-order valence-corrected chi connectivity index (χ0v) is 13.0. The molecular formula is C18H23N3O. The van der Waals surface area contributed by atoms with E-state index in [9.17, 15) is 5.11 Å². The van der Waals surface area contributed by atoms with Crippen molar-refractivity contribution in [3.05, 3.63) is 54.1 Å². The van der Waals surface area contributed by atoms with E-state index in [1.165, 1.54) is 11.3 Å². The monoisotopic (exact) mass is 297 g/mol. The standard InChI is InChI=1S/C18H23N3O/c1-2-14-10-17(13-20-11-14)21-8-5-15(6-9-21)18(22)16-4-3-7-19-12-16/h3-4,7,10-13,15,18,22H,2,5-6,8-9H2,1H3/t18-/m0/s1. The van der Waals surface area contributed by atoms with Crippen molar-refractivity contribution in [1.82, 2.24) is 9.97 Å². The van der Waals surface area contributed by atoms with Crippen LogP contribution in [0.4, 0.5) is 5.69 Å². The Bertz CT molecular complexity index is 594. The van der Waals surface area contributed by atoms with Gasteiger partial charge >= 0.3 is 0 Å². The van der Waals surface area contributed by atoms with Crippen molar-refractivity contribution in [2.45, 2.75) is 32.3 Å². The molecule has 116 valence electrons. The predicted molar refractivity (Wildman–Crippen MR) is 87.7 cm³/mol. The van der Waals surface area contributed by atoms with Crippen LogP contribution in [0.3, 0.4) is 0 Å². The van der Waals surface area contributed by atoms with E-state index in [0.29, 0.717) is 5.92 Å². The van der Waals surface area contributed by atoms with Crippen LogP contribution >= 0.6 is 0 Å². The summed E-state index contributed by atoms with van der Waals surface area (Å²) in [7, 11) is 0. The minimum atomic E-state index is -0.407. The highest BCUT2D eigenvalue weighted by atomic mass is 16.3. The molecule has 0 saturated carbocycles. The highest BCUT2D eigenvalue weighted by Crippen LogP contribution is 2.32. The largest absolute Gasteiger partial charge is 0.388 e. The van der Waals surface area contributed by atoms with E-state index >= 15 is 0 Å². The lowest BCUT2D eigenvalue weighted by Gasteiger charge is -2.35. The van der Waals surface area contributed by atoms with Crippen LogP contribution in [0.15, 0.2) is 43.0 Å². The molecule has 0 spiro atoms. The Morgan fingerprint density at radius 3 is 2.73 bits per heavy atom. The summed E-state index contributed by atoms with van der Waals surface area (Å²) < 4.78 is 0.